The molecule has 0 saturated heterocycles. The van der Waals surface area contributed by atoms with Crippen LogP contribution in [-0.2, 0) is 6.42 Å². The van der Waals surface area contributed by atoms with Crippen LogP contribution >= 0.6 is 0 Å². The first kappa shape index (κ1) is 10.7. The topological polar surface area (TPSA) is 26.0 Å². The highest BCUT2D eigenvalue weighted by Crippen LogP contribution is 2.33. The Kier molecular flexibility index (Phi) is 3.11. The van der Waals surface area contributed by atoms with Crippen molar-refractivity contribution in [3.63, 3.8) is 0 Å². The third kappa shape index (κ3) is 3.07. The maximum absolute atomic E-state index is 6.17. The van der Waals surface area contributed by atoms with Gasteiger partial charge in [-0.3, -0.25) is 0 Å². The normalized spacial score (nSPS) is 17.8. The van der Waals surface area contributed by atoms with Gasteiger partial charge in [0.25, 0.3) is 0 Å². The lowest BCUT2D eigenvalue weighted by molar-refractivity contribution is 0.565. The predicted octanol–water partition coefficient (Wildman–Crippen LogP) is 2.97. The van der Waals surface area contributed by atoms with E-state index in [-0.39, 0.29) is 0 Å². The zero-order valence-electron chi connectivity index (χ0n) is 9.79. The van der Waals surface area contributed by atoms with Crippen molar-refractivity contribution in [2.75, 3.05) is 0 Å². The van der Waals surface area contributed by atoms with E-state index in [1.54, 1.807) is 0 Å². The van der Waals surface area contributed by atoms with Crippen LogP contribution in [0.25, 0.3) is 0 Å². The van der Waals surface area contributed by atoms with Gasteiger partial charge in [0.1, 0.15) is 0 Å². The molecule has 0 aromatic heterocycles. The van der Waals surface area contributed by atoms with Gasteiger partial charge in [0, 0.05) is 6.04 Å². The second kappa shape index (κ2) is 4.36. The third-order valence-corrected chi connectivity index (χ3v) is 3.32. The molecule has 15 heavy (non-hydrogen) atoms. The van der Waals surface area contributed by atoms with E-state index >= 15 is 0 Å². The first-order valence-electron chi connectivity index (χ1n) is 5.97. The minimum absolute atomic E-state index is 0.359. The molecule has 1 heteroatoms. The van der Waals surface area contributed by atoms with Gasteiger partial charge in [-0.25, -0.2) is 0 Å². The average molecular weight is 203 g/mol. The maximum Gasteiger partial charge on any atom is 0.00820 e. The Morgan fingerprint density at radius 1 is 1.33 bits per heavy atom. The number of hydrogen-bond donors (Lipinski definition) is 1. The van der Waals surface area contributed by atoms with Gasteiger partial charge < -0.3 is 5.73 Å². The summed E-state index contributed by atoms with van der Waals surface area (Å²) in [4.78, 5) is 0. The van der Waals surface area contributed by atoms with Crippen molar-refractivity contribution in [1.82, 2.24) is 0 Å². The first-order chi connectivity index (χ1) is 7.15. The molecule has 0 amide bonds. The number of nitrogens with two attached hydrogens (primary N) is 1. The number of hydrogen-bond acceptors (Lipinski definition) is 1. The van der Waals surface area contributed by atoms with Gasteiger partial charge >= 0.3 is 0 Å². The Hall–Kier alpha value is -0.820. The lowest BCUT2D eigenvalue weighted by atomic mass is 9.97. The van der Waals surface area contributed by atoms with Gasteiger partial charge in [0.2, 0.25) is 0 Å². The second-order valence-corrected chi connectivity index (χ2v) is 5.07. The summed E-state index contributed by atoms with van der Waals surface area (Å²) in [6.07, 6.45) is 5.07. The summed E-state index contributed by atoms with van der Waals surface area (Å²) in [5.41, 5.74) is 10.3. The van der Waals surface area contributed by atoms with Crippen LogP contribution in [0.15, 0.2) is 18.2 Å². The summed E-state index contributed by atoms with van der Waals surface area (Å²) in [5.74, 6) is 0.935. The Balaban J connectivity index is 1.98. The molecule has 1 unspecified atom stereocenters. The highest BCUT2D eigenvalue weighted by molar-refractivity contribution is 5.31. The largest absolute Gasteiger partial charge is 0.327 e. The van der Waals surface area contributed by atoms with Crippen LogP contribution in [0.1, 0.15) is 36.0 Å². The maximum atomic E-state index is 6.17. The summed E-state index contributed by atoms with van der Waals surface area (Å²) >= 11 is 0. The molecule has 1 aliphatic carbocycles. The summed E-state index contributed by atoms with van der Waals surface area (Å²) in [6.45, 7) is 4.33. The molecule has 0 aliphatic heterocycles. The zero-order valence-corrected chi connectivity index (χ0v) is 9.79. The van der Waals surface area contributed by atoms with Crippen molar-refractivity contribution in [2.24, 2.45) is 11.7 Å². The van der Waals surface area contributed by atoms with Crippen LogP contribution in [0, 0.1) is 19.8 Å². The standard InChI is InChI=1S/C14H21N/c1-10-3-4-11(2)13(7-10)9-14(15)8-12-5-6-12/h3-4,7,12,14H,5-6,8-9,15H2,1-2H3. The molecular weight excluding hydrogens is 182 g/mol. The van der Waals surface area contributed by atoms with Crippen molar-refractivity contribution < 1.29 is 0 Å². The van der Waals surface area contributed by atoms with Gasteiger partial charge in [-0.15, -0.1) is 0 Å². The van der Waals surface area contributed by atoms with Crippen molar-refractivity contribution in [2.45, 2.75) is 45.6 Å². The fourth-order valence-corrected chi connectivity index (χ4v) is 2.17. The fourth-order valence-electron chi connectivity index (χ4n) is 2.17. The molecular formula is C14H21N. The Morgan fingerprint density at radius 3 is 2.73 bits per heavy atom. The van der Waals surface area contributed by atoms with E-state index in [9.17, 15) is 0 Å². The molecule has 1 aromatic carbocycles. The number of benzene rings is 1. The fraction of sp³-hybridized carbons (Fsp3) is 0.571. The molecule has 2 N–H and O–H groups in total. The summed E-state index contributed by atoms with van der Waals surface area (Å²) in [6, 6.07) is 7.01. The van der Waals surface area contributed by atoms with Crippen molar-refractivity contribution >= 4 is 0 Å². The smallest absolute Gasteiger partial charge is 0.00820 e. The molecule has 0 heterocycles. The molecule has 2 rings (SSSR count). The van der Waals surface area contributed by atoms with Gasteiger partial charge in [0.05, 0.1) is 0 Å². The van der Waals surface area contributed by atoms with Crippen LogP contribution < -0.4 is 5.73 Å². The van der Waals surface area contributed by atoms with Gasteiger partial charge in [-0.2, -0.15) is 0 Å². The van der Waals surface area contributed by atoms with E-state index in [0.29, 0.717) is 6.04 Å². The molecule has 0 radical (unpaired) electrons. The van der Waals surface area contributed by atoms with Crippen LogP contribution in [0.2, 0.25) is 0 Å². The Morgan fingerprint density at radius 2 is 2.07 bits per heavy atom. The quantitative estimate of drug-likeness (QED) is 0.800. The van der Waals surface area contributed by atoms with E-state index in [2.05, 4.69) is 32.0 Å². The van der Waals surface area contributed by atoms with Crippen molar-refractivity contribution in [1.29, 1.82) is 0 Å². The minimum Gasteiger partial charge on any atom is -0.327 e. The third-order valence-electron chi connectivity index (χ3n) is 3.32. The molecule has 1 atom stereocenters. The van der Waals surface area contributed by atoms with Crippen LogP contribution in [0.5, 0.6) is 0 Å². The van der Waals surface area contributed by atoms with Crippen molar-refractivity contribution in [3.05, 3.63) is 34.9 Å². The molecule has 1 aromatic rings. The zero-order chi connectivity index (χ0) is 10.8. The minimum atomic E-state index is 0.359. The molecule has 1 fully saturated rings. The molecule has 1 saturated carbocycles. The van der Waals surface area contributed by atoms with Crippen LogP contribution in [0.3, 0.4) is 0 Å². The molecule has 1 aliphatic rings. The Bertz CT molecular complexity index is 339. The van der Waals surface area contributed by atoms with Gasteiger partial charge in [0.15, 0.2) is 0 Å². The van der Waals surface area contributed by atoms with E-state index in [1.807, 2.05) is 0 Å². The monoisotopic (exact) mass is 203 g/mol. The van der Waals surface area contributed by atoms with Gasteiger partial charge in [-0.1, -0.05) is 36.6 Å². The van der Waals surface area contributed by atoms with Crippen molar-refractivity contribution in [3.8, 4) is 0 Å². The molecule has 1 nitrogen and oxygen atoms in total. The number of aryl methyl sites for hydroxylation is 2. The molecule has 82 valence electrons. The van der Waals surface area contributed by atoms with E-state index in [4.69, 9.17) is 5.73 Å². The lowest BCUT2D eigenvalue weighted by Crippen LogP contribution is -2.23. The highest BCUT2D eigenvalue weighted by Gasteiger charge is 2.23. The SMILES string of the molecule is Cc1ccc(C)c(CC(N)CC2CC2)c1. The molecule has 0 spiro atoms. The molecule has 0 bridgehead atoms. The van der Waals surface area contributed by atoms with Crippen LogP contribution in [0.4, 0.5) is 0 Å². The van der Waals surface area contributed by atoms with E-state index in [1.165, 1.54) is 36.0 Å². The van der Waals surface area contributed by atoms with E-state index in [0.717, 1.165) is 12.3 Å². The first-order valence-corrected chi connectivity index (χ1v) is 5.97. The van der Waals surface area contributed by atoms with Crippen LogP contribution in [-0.4, -0.2) is 6.04 Å². The van der Waals surface area contributed by atoms with E-state index < -0.39 is 0 Å². The number of rotatable bonds is 4. The highest BCUT2D eigenvalue weighted by atomic mass is 14.6. The lowest BCUT2D eigenvalue weighted by Gasteiger charge is -2.13. The summed E-state index contributed by atoms with van der Waals surface area (Å²) in [7, 11) is 0. The summed E-state index contributed by atoms with van der Waals surface area (Å²) < 4.78 is 0. The Labute approximate surface area is 92.7 Å². The average Bonchev–Trinajstić information content (AvgIpc) is 2.95. The summed E-state index contributed by atoms with van der Waals surface area (Å²) in [5, 5.41) is 0. The second-order valence-electron chi connectivity index (χ2n) is 5.07. The van der Waals surface area contributed by atoms with Gasteiger partial charge in [-0.05, 0) is 43.7 Å². The predicted molar refractivity (Wildman–Crippen MR) is 64.9 cm³/mol.